The third kappa shape index (κ3) is 2.06. The summed E-state index contributed by atoms with van der Waals surface area (Å²) in [5.74, 6) is -0.354. The largest absolute Gasteiger partial charge is 0.464 e. The van der Waals surface area contributed by atoms with Crippen LogP contribution in [0.15, 0.2) is 34.9 Å². The monoisotopic (exact) mass is 218 g/mol. The molecule has 1 unspecified atom stereocenters. The highest BCUT2D eigenvalue weighted by Crippen LogP contribution is 2.20. The number of nitrogens with two attached hydrogens (primary N) is 1. The number of rotatable bonds is 4. The molecule has 4 heteroatoms. The molecule has 0 bridgehead atoms. The van der Waals surface area contributed by atoms with Crippen molar-refractivity contribution in [1.29, 1.82) is 0 Å². The second kappa shape index (κ2) is 4.37. The van der Waals surface area contributed by atoms with Gasteiger partial charge < -0.3 is 15.5 Å². The lowest BCUT2D eigenvalue weighted by molar-refractivity contribution is -0.119. The zero-order valence-electron chi connectivity index (χ0n) is 9.07. The van der Waals surface area contributed by atoms with Crippen molar-refractivity contribution in [2.75, 3.05) is 0 Å². The zero-order chi connectivity index (χ0) is 11.5. The van der Waals surface area contributed by atoms with Gasteiger partial charge in [-0.25, -0.2) is 0 Å². The molecule has 1 atom stereocenters. The van der Waals surface area contributed by atoms with Crippen LogP contribution >= 0.6 is 0 Å². The van der Waals surface area contributed by atoms with Crippen molar-refractivity contribution in [3.05, 3.63) is 36.1 Å². The number of fused-ring (bicyclic) bond motifs is 1. The number of carbonyl (C=O) groups is 1. The van der Waals surface area contributed by atoms with Crippen LogP contribution in [-0.2, 0) is 11.3 Å². The summed E-state index contributed by atoms with van der Waals surface area (Å²) in [5, 5.41) is 4.10. The molecule has 1 aromatic carbocycles. The van der Waals surface area contributed by atoms with Gasteiger partial charge in [0.25, 0.3) is 0 Å². The minimum atomic E-state index is -0.354. The molecular weight excluding hydrogens is 204 g/mol. The third-order valence-electron chi connectivity index (χ3n) is 2.59. The van der Waals surface area contributed by atoms with Crippen LogP contribution in [0, 0.1) is 0 Å². The molecule has 2 aromatic rings. The van der Waals surface area contributed by atoms with Crippen LogP contribution < -0.4 is 11.1 Å². The first-order valence-electron chi connectivity index (χ1n) is 5.16. The number of nitrogens with one attached hydrogen (secondary N) is 1. The van der Waals surface area contributed by atoms with Gasteiger partial charge in [0.15, 0.2) is 0 Å². The Kier molecular flexibility index (Phi) is 2.92. The first-order chi connectivity index (χ1) is 7.68. The SMILES string of the molecule is CC(NCc1coc2ccccc12)C(N)=O. The molecule has 1 heterocycles. The Bertz CT molecular complexity index is 504. The molecule has 1 amide bonds. The van der Waals surface area contributed by atoms with E-state index >= 15 is 0 Å². The van der Waals surface area contributed by atoms with Crippen LogP contribution in [0.25, 0.3) is 11.0 Å². The quantitative estimate of drug-likeness (QED) is 0.815. The van der Waals surface area contributed by atoms with E-state index in [0.29, 0.717) is 6.54 Å². The third-order valence-corrected chi connectivity index (χ3v) is 2.59. The highest BCUT2D eigenvalue weighted by Gasteiger charge is 2.09. The number of hydrogen-bond donors (Lipinski definition) is 2. The lowest BCUT2D eigenvalue weighted by atomic mass is 10.1. The maximum absolute atomic E-state index is 10.9. The number of furan rings is 1. The summed E-state index contributed by atoms with van der Waals surface area (Å²) >= 11 is 0. The molecule has 0 saturated carbocycles. The van der Waals surface area contributed by atoms with Crippen LogP contribution in [0.1, 0.15) is 12.5 Å². The fraction of sp³-hybridized carbons (Fsp3) is 0.250. The first kappa shape index (κ1) is 10.7. The van der Waals surface area contributed by atoms with Gasteiger partial charge in [0.1, 0.15) is 5.58 Å². The number of benzene rings is 1. The van der Waals surface area contributed by atoms with Crippen molar-refractivity contribution in [2.45, 2.75) is 19.5 Å². The minimum absolute atomic E-state index is 0.339. The molecule has 0 radical (unpaired) electrons. The van der Waals surface area contributed by atoms with E-state index in [1.165, 1.54) is 0 Å². The molecule has 3 N–H and O–H groups in total. The van der Waals surface area contributed by atoms with E-state index < -0.39 is 0 Å². The Labute approximate surface area is 93.4 Å². The Morgan fingerprint density at radius 2 is 2.25 bits per heavy atom. The Hall–Kier alpha value is -1.81. The lowest BCUT2D eigenvalue weighted by Crippen LogP contribution is -2.38. The molecule has 0 aliphatic rings. The van der Waals surface area contributed by atoms with E-state index in [1.54, 1.807) is 13.2 Å². The number of carbonyl (C=O) groups excluding carboxylic acids is 1. The summed E-state index contributed by atoms with van der Waals surface area (Å²) in [4.78, 5) is 10.9. The van der Waals surface area contributed by atoms with Crippen LogP contribution in [0.4, 0.5) is 0 Å². The summed E-state index contributed by atoms with van der Waals surface area (Å²) in [6.45, 7) is 2.31. The van der Waals surface area contributed by atoms with Crippen molar-refractivity contribution in [3.8, 4) is 0 Å². The highest BCUT2D eigenvalue weighted by atomic mass is 16.3. The summed E-state index contributed by atoms with van der Waals surface area (Å²) in [5.41, 5.74) is 7.05. The van der Waals surface area contributed by atoms with Gasteiger partial charge in [-0.1, -0.05) is 18.2 Å². The topological polar surface area (TPSA) is 68.3 Å². The molecule has 0 aliphatic carbocycles. The average molecular weight is 218 g/mol. The van der Waals surface area contributed by atoms with Gasteiger partial charge in [-0.15, -0.1) is 0 Å². The molecule has 2 rings (SSSR count). The smallest absolute Gasteiger partial charge is 0.234 e. The van der Waals surface area contributed by atoms with Gasteiger partial charge in [-0.2, -0.15) is 0 Å². The minimum Gasteiger partial charge on any atom is -0.464 e. The summed E-state index contributed by atoms with van der Waals surface area (Å²) in [7, 11) is 0. The van der Waals surface area contributed by atoms with Crippen molar-refractivity contribution in [1.82, 2.24) is 5.32 Å². The Morgan fingerprint density at radius 1 is 1.50 bits per heavy atom. The normalized spacial score (nSPS) is 12.8. The molecule has 16 heavy (non-hydrogen) atoms. The first-order valence-corrected chi connectivity index (χ1v) is 5.16. The van der Waals surface area contributed by atoms with Crippen LogP contribution in [0.2, 0.25) is 0 Å². The average Bonchev–Trinajstić information content (AvgIpc) is 2.69. The fourth-order valence-corrected chi connectivity index (χ4v) is 1.53. The van der Waals surface area contributed by atoms with E-state index in [4.69, 9.17) is 10.2 Å². The van der Waals surface area contributed by atoms with E-state index in [0.717, 1.165) is 16.5 Å². The Balaban J connectivity index is 2.13. The van der Waals surface area contributed by atoms with Gasteiger partial charge in [0.2, 0.25) is 5.91 Å². The summed E-state index contributed by atoms with van der Waals surface area (Å²) in [6.07, 6.45) is 1.70. The van der Waals surface area contributed by atoms with Crippen molar-refractivity contribution >= 4 is 16.9 Å². The molecule has 0 spiro atoms. The predicted molar refractivity (Wildman–Crippen MR) is 61.7 cm³/mol. The lowest BCUT2D eigenvalue weighted by Gasteiger charge is -2.08. The molecule has 1 aromatic heterocycles. The molecule has 0 aliphatic heterocycles. The highest BCUT2D eigenvalue weighted by molar-refractivity contribution is 5.81. The second-order valence-electron chi connectivity index (χ2n) is 3.76. The van der Waals surface area contributed by atoms with E-state index in [9.17, 15) is 4.79 Å². The van der Waals surface area contributed by atoms with E-state index in [2.05, 4.69) is 5.32 Å². The predicted octanol–water partition coefficient (Wildman–Crippen LogP) is 1.40. The fourth-order valence-electron chi connectivity index (χ4n) is 1.53. The molecule has 0 fully saturated rings. The van der Waals surface area contributed by atoms with Gasteiger partial charge in [0, 0.05) is 17.5 Å². The summed E-state index contributed by atoms with van der Waals surface area (Å²) in [6, 6.07) is 7.45. The maximum Gasteiger partial charge on any atom is 0.234 e. The molecular formula is C12H14N2O2. The number of para-hydroxylation sites is 1. The molecule has 4 nitrogen and oxygen atoms in total. The van der Waals surface area contributed by atoms with Gasteiger partial charge in [0.05, 0.1) is 12.3 Å². The molecule has 0 saturated heterocycles. The number of primary amides is 1. The standard InChI is InChI=1S/C12H14N2O2/c1-8(12(13)15)14-6-9-7-16-11-5-3-2-4-10(9)11/h2-5,7-8,14H,6H2,1H3,(H2,13,15). The Morgan fingerprint density at radius 3 is 3.00 bits per heavy atom. The van der Waals surface area contributed by atoms with Crippen LogP contribution in [-0.4, -0.2) is 11.9 Å². The van der Waals surface area contributed by atoms with Crippen molar-refractivity contribution in [3.63, 3.8) is 0 Å². The van der Waals surface area contributed by atoms with Gasteiger partial charge in [-0.05, 0) is 13.0 Å². The number of amides is 1. The second-order valence-corrected chi connectivity index (χ2v) is 3.76. The number of hydrogen-bond acceptors (Lipinski definition) is 3. The van der Waals surface area contributed by atoms with Crippen LogP contribution in [0.3, 0.4) is 0 Å². The maximum atomic E-state index is 10.9. The van der Waals surface area contributed by atoms with Gasteiger partial charge >= 0.3 is 0 Å². The molecule has 84 valence electrons. The van der Waals surface area contributed by atoms with Gasteiger partial charge in [-0.3, -0.25) is 4.79 Å². The van der Waals surface area contributed by atoms with E-state index in [-0.39, 0.29) is 11.9 Å². The van der Waals surface area contributed by atoms with Crippen molar-refractivity contribution in [2.24, 2.45) is 5.73 Å². The van der Waals surface area contributed by atoms with Crippen LogP contribution in [0.5, 0.6) is 0 Å². The summed E-state index contributed by atoms with van der Waals surface area (Å²) < 4.78 is 5.39. The van der Waals surface area contributed by atoms with E-state index in [1.807, 2.05) is 24.3 Å². The zero-order valence-corrected chi connectivity index (χ0v) is 9.07. The van der Waals surface area contributed by atoms with Crippen molar-refractivity contribution < 1.29 is 9.21 Å².